The maximum atomic E-state index is 5.64. The van der Waals surface area contributed by atoms with Gasteiger partial charge in [-0.15, -0.1) is 0 Å². The van der Waals surface area contributed by atoms with E-state index in [4.69, 9.17) is 5.84 Å². The Bertz CT molecular complexity index is 187. The highest BCUT2D eigenvalue weighted by Crippen LogP contribution is 2.24. The molecule has 1 aliphatic carbocycles. The minimum Gasteiger partial charge on any atom is -0.271 e. The number of hydrazine groups is 1. The zero-order valence-electron chi connectivity index (χ0n) is 9.55. The van der Waals surface area contributed by atoms with Crippen LogP contribution < -0.4 is 11.3 Å². The van der Waals surface area contributed by atoms with Crippen molar-refractivity contribution in [2.75, 3.05) is 0 Å². The number of allylic oxidation sites excluding steroid dienone is 1. The summed E-state index contributed by atoms with van der Waals surface area (Å²) in [5.74, 6) is 6.28. The first-order valence-electron chi connectivity index (χ1n) is 5.94. The predicted octanol–water partition coefficient (Wildman–Crippen LogP) is 2.75. The van der Waals surface area contributed by atoms with E-state index in [1.807, 2.05) is 0 Å². The lowest BCUT2D eigenvalue weighted by molar-refractivity contribution is 0.405. The number of nitrogens with one attached hydrogen (secondary N) is 1. The first kappa shape index (κ1) is 11.7. The molecule has 2 heteroatoms. The van der Waals surface area contributed by atoms with Crippen molar-refractivity contribution in [3.8, 4) is 0 Å². The van der Waals surface area contributed by atoms with Gasteiger partial charge < -0.3 is 0 Å². The molecule has 0 aromatic heterocycles. The van der Waals surface area contributed by atoms with Crippen LogP contribution in [-0.2, 0) is 0 Å². The fourth-order valence-corrected chi connectivity index (χ4v) is 2.19. The molecule has 1 aliphatic rings. The SMILES string of the molecule is CCC(C)C(NN)C1=CCCCCC1. The molecule has 2 unspecified atom stereocenters. The molecule has 0 saturated carbocycles. The quantitative estimate of drug-likeness (QED) is 0.412. The summed E-state index contributed by atoms with van der Waals surface area (Å²) in [6, 6.07) is 0.401. The topological polar surface area (TPSA) is 38.0 Å². The molecular formula is C12H24N2. The zero-order valence-corrected chi connectivity index (χ0v) is 9.55. The molecule has 0 aromatic rings. The molecule has 0 spiro atoms. The third kappa shape index (κ3) is 3.10. The lowest BCUT2D eigenvalue weighted by atomic mass is 9.90. The number of hydrogen-bond acceptors (Lipinski definition) is 2. The van der Waals surface area contributed by atoms with Crippen LogP contribution in [0.25, 0.3) is 0 Å². The maximum absolute atomic E-state index is 5.64. The second-order valence-electron chi connectivity index (χ2n) is 4.41. The number of hydrogen-bond donors (Lipinski definition) is 2. The molecule has 2 nitrogen and oxygen atoms in total. The summed E-state index contributed by atoms with van der Waals surface area (Å²) in [7, 11) is 0. The van der Waals surface area contributed by atoms with Gasteiger partial charge in [0.05, 0.1) is 0 Å². The lowest BCUT2D eigenvalue weighted by Gasteiger charge is -2.24. The Balaban J connectivity index is 2.61. The van der Waals surface area contributed by atoms with Gasteiger partial charge in [-0.2, -0.15) is 0 Å². The van der Waals surface area contributed by atoms with Crippen LogP contribution in [0.3, 0.4) is 0 Å². The predicted molar refractivity (Wildman–Crippen MR) is 61.7 cm³/mol. The van der Waals surface area contributed by atoms with Crippen LogP contribution in [0.2, 0.25) is 0 Å². The molecule has 0 bridgehead atoms. The van der Waals surface area contributed by atoms with Crippen molar-refractivity contribution in [3.63, 3.8) is 0 Å². The smallest absolute Gasteiger partial charge is 0.0445 e. The summed E-state index contributed by atoms with van der Waals surface area (Å²) in [4.78, 5) is 0. The van der Waals surface area contributed by atoms with Crippen LogP contribution in [0.1, 0.15) is 52.4 Å². The molecule has 0 radical (unpaired) electrons. The average molecular weight is 196 g/mol. The van der Waals surface area contributed by atoms with Crippen molar-refractivity contribution in [1.29, 1.82) is 0 Å². The summed E-state index contributed by atoms with van der Waals surface area (Å²) < 4.78 is 0. The van der Waals surface area contributed by atoms with E-state index in [0.717, 1.165) is 0 Å². The minimum atomic E-state index is 0.401. The second-order valence-corrected chi connectivity index (χ2v) is 4.41. The van der Waals surface area contributed by atoms with Gasteiger partial charge in [-0.05, 0) is 31.6 Å². The van der Waals surface area contributed by atoms with Crippen LogP contribution in [0.4, 0.5) is 0 Å². The van der Waals surface area contributed by atoms with Crippen LogP contribution >= 0.6 is 0 Å². The molecular weight excluding hydrogens is 172 g/mol. The fourth-order valence-electron chi connectivity index (χ4n) is 2.19. The second kappa shape index (κ2) is 6.20. The zero-order chi connectivity index (χ0) is 10.4. The summed E-state index contributed by atoms with van der Waals surface area (Å²) in [5, 5.41) is 0. The third-order valence-corrected chi connectivity index (χ3v) is 3.37. The molecule has 82 valence electrons. The van der Waals surface area contributed by atoms with E-state index in [2.05, 4.69) is 25.3 Å². The van der Waals surface area contributed by atoms with Gasteiger partial charge in [0.2, 0.25) is 0 Å². The highest BCUT2D eigenvalue weighted by Gasteiger charge is 2.19. The molecule has 0 fully saturated rings. The monoisotopic (exact) mass is 196 g/mol. The van der Waals surface area contributed by atoms with Crippen LogP contribution in [0.15, 0.2) is 11.6 Å². The van der Waals surface area contributed by atoms with E-state index in [1.54, 1.807) is 5.57 Å². The summed E-state index contributed by atoms with van der Waals surface area (Å²) in [5.41, 5.74) is 4.52. The molecule has 3 N–H and O–H groups in total. The van der Waals surface area contributed by atoms with Crippen molar-refractivity contribution in [1.82, 2.24) is 5.43 Å². The molecule has 0 aliphatic heterocycles. The van der Waals surface area contributed by atoms with Crippen molar-refractivity contribution >= 4 is 0 Å². The summed E-state index contributed by atoms with van der Waals surface area (Å²) in [6.45, 7) is 4.50. The first-order valence-corrected chi connectivity index (χ1v) is 5.94. The largest absolute Gasteiger partial charge is 0.271 e. The van der Waals surface area contributed by atoms with Crippen LogP contribution in [0, 0.1) is 5.92 Å². The molecule has 2 atom stereocenters. The van der Waals surface area contributed by atoms with Crippen LogP contribution in [0.5, 0.6) is 0 Å². The highest BCUT2D eigenvalue weighted by atomic mass is 15.2. The standard InChI is InChI=1S/C12H24N2/c1-3-10(2)12(14-13)11-8-6-4-5-7-9-11/h8,10,12,14H,3-7,9,13H2,1-2H3. The van der Waals surface area contributed by atoms with Gasteiger partial charge in [0.15, 0.2) is 0 Å². The Labute approximate surface area is 87.9 Å². The summed E-state index contributed by atoms with van der Waals surface area (Å²) in [6.07, 6.45) is 10.1. The Morgan fingerprint density at radius 1 is 1.43 bits per heavy atom. The van der Waals surface area contributed by atoms with Gasteiger partial charge >= 0.3 is 0 Å². The highest BCUT2D eigenvalue weighted by molar-refractivity contribution is 5.13. The Kier molecular flexibility index (Phi) is 5.20. The Morgan fingerprint density at radius 2 is 2.21 bits per heavy atom. The fraction of sp³-hybridized carbons (Fsp3) is 0.833. The molecule has 0 heterocycles. The van der Waals surface area contributed by atoms with Gasteiger partial charge in [0.1, 0.15) is 0 Å². The molecule has 14 heavy (non-hydrogen) atoms. The van der Waals surface area contributed by atoms with Crippen molar-refractivity contribution in [2.45, 2.75) is 58.4 Å². The normalized spacial score (nSPS) is 22.4. The van der Waals surface area contributed by atoms with E-state index in [-0.39, 0.29) is 0 Å². The van der Waals surface area contributed by atoms with Gasteiger partial charge in [-0.3, -0.25) is 11.3 Å². The Hall–Kier alpha value is -0.340. The van der Waals surface area contributed by atoms with E-state index in [9.17, 15) is 0 Å². The molecule has 0 aromatic carbocycles. The Morgan fingerprint density at radius 3 is 2.86 bits per heavy atom. The van der Waals surface area contributed by atoms with Crippen molar-refractivity contribution < 1.29 is 0 Å². The van der Waals surface area contributed by atoms with E-state index < -0.39 is 0 Å². The number of rotatable bonds is 4. The minimum absolute atomic E-state index is 0.401. The van der Waals surface area contributed by atoms with Gasteiger partial charge in [-0.1, -0.05) is 38.3 Å². The summed E-state index contributed by atoms with van der Waals surface area (Å²) >= 11 is 0. The van der Waals surface area contributed by atoms with E-state index in [1.165, 1.54) is 38.5 Å². The van der Waals surface area contributed by atoms with E-state index in [0.29, 0.717) is 12.0 Å². The lowest BCUT2D eigenvalue weighted by Crippen LogP contribution is -2.41. The maximum Gasteiger partial charge on any atom is 0.0445 e. The third-order valence-electron chi connectivity index (χ3n) is 3.37. The molecule has 1 rings (SSSR count). The average Bonchev–Trinajstić information content (AvgIpc) is 2.47. The number of nitrogens with two attached hydrogens (primary N) is 1. The first-order chi connectivity index (χ1) is 6.79. The van der Waals surface area contributed by atoms with Gasteiger partial charge in [0, 0.05) is 6.04 Å². The van der Waals surface area contributed by atoms with Crippen molar-refractivity contribution in [2.24, 2.45) is 11.8 Å². The molecule has 0 saturated heterocycles. The van der Waals surface area contributed by atoms with Gasteiger partial charge in [0.25, 0.3) is 0 Å². The molecule has 0 amide bonds. The van der Waals surface area contributed by atoms with Crippen molar-refractivity contribution in [3.05, 3.63) is 11.6 Å². The van der Waals surface area contributed by atoms with E-state index >= 15 is 0 Å². The van der Waals surface area contributed by atoms with Gasteiger partial charge in [-0.25, -0.2) is 0 Å². The van der Waals surface area contributed by atoms with Crippen LogP contribution in [-0.4, -0.2) is 6.04 Å².